The Bertz CT molecular complexity index is 1310. The van der Waals surface area contributed by atoms with Crippen LogP contribution in [0, 0.1) is 0 Å². The van der Waals surface area contributed by atoms with Crippen LogP contribution in [-0.2, 0) is 16.0 Å². The van der Waals surface area contributed by atoms with Gasteiger partial charge in [-0.1, -0.05) is 37.5 Å². The van der Waals surface area contributed by atoms with E-state index in [2.05, 4.69) is 5.32 Å². The second-order valence-corrected chi connectivity index (χ2v) is 10.9. The first-order chi connectivity index (χ1) is 19.4. The van der Waals surface area contributed by atoms with E-state index in [0.29, 0.717) is 34.1 Å². The van der Waals surface area contributed by atoms with Crippen molar-refractivity contribution in [3.05, 3.63) is 69.9 Å². The first-order valence-corrected chi connectivity index (χ1v) is 14.3. The van der Waals surface area contributed by atoms with Gasteiger partial charge in [0.2, 0.25) is 17.6 Å². The maximum Gasteiger partial charge on any atom is 0.248 e. The molecule has 0 saturated heterocycles. The average Bonchev–Trinajstić information content (AvgIpc) is 3.48. The SMILES string of the molecule is COc1cc([C@H](C(=O)NC2CCCCC2)N(C(=O)Cc2cccs2)c2cccc(C(C)=O)c2)cc(OC)c1OC. The third-order valence-corrected chi connectivity index (χ3v) is 8.04. The van der Waals surface area contributed by atoms with Crippen LogP contribution in [0.1, 0.15) is 65.9 Å². The summed E-state index contributed by atoms with van der Waals surface area (Å²) in [5.41, 5.74) is 1.39. The second-order valence-electron chi connectivity index (χ2n) is 9.83. The molecular formula is C31H36N2O6S. The van der Waals surface area contributed by atoms with Crippen LogP contribution in [0.5, 0.6) is 17.2 Å². The van der Waals surface area contributed by atoms with Crippen molar-refractivity contribution in [3.63, 3.8) is 0 Å². The van der Waals surface area contributed by atoms with Crippen molar-refractivity contribution >= 4 is 34.6 Å². The molecule has 0 bridgehead atoms. The van der Waals surface area contributed by atoms with Gasteiger partial charge >= 0.3 is 0 Å². The van der Waals surface area contributed by atoms with Gasteiger partial charge in [0.15, 0.2) is 17.3 Å². The molecular weight excluding hydrogens is 528 g/mol. The molecule has 0 spiro atoms. The molecule has 4 rings (SSSR count). The summed E-state index contributed by atoms with van der Waals surface area (Å²) in [5, 5.41) is 5.12. The summed E-state index contributed by atoms with van der Waals surface area (Å²) in [4.78, 5) is 43.0. The van der Waals surface area contributed by atoms with Crippen molar-refractivity contribution in [2.75, 3.05) is 26.2 Å². The van der Waals surface area contributed by atoms with Gasteiger partial charge in [-0.2, -0.15) is 0 Å². The first kappa shape index (κ1) is 29.1. The molecule has 1 fully saturated rings. The molecule has 1 saturated carbocycles. The molecule has 1 atom stereocenters. The lowest BCUT2D eigenvalue weighted by Gasteiger charge is -2.34. The largest absolute Gasteiger partial charge is 0.493 e. The highest BCUT2D eigenvalue weighted by atomic mass is 32.1. The minimum atomic E-state index is -1.06. The third-order valence-electron chi connectivity index (χ3n) is 7.17. The molecule has 0 unspecified atom stereocenters. The number of ether oxygens (including phenoxy) is 3. The van der Waals surface area contributed by atoms with E-state index in [-0.39, 0.29) is 30.1 Å². The standard InChI is InChI=1S/C31H36N2O6S/c1-20(34)21-10-8-13-24(16-21)33(28(35)19-25-14-9-15-40-25)29(31(36)32-23-11-6-5-7-12-23)22-17-26(37-2)30(39-4)27(18-22)38-3/h8-10,13-18,23,29H,5-7,11-12,19H2,1-4H3,(H,32,36)/t29-/m1/s1. The molecule has 1 heterocycles. The normalized spacial score (nSPS) is 14.2. The minimum Gasteiger partial charge on any atom is -0.493 e. The predicted molar refractivity (Wildman–Crippen MR) is 156 cm³/mol. The van der Waals surface area contributed by atoms with E-state index in [4.69, 9.17) is 14.2 Å². The van der Waals surface area contributed by atoms with Gasteiger partial charge in [-0.3, -0.25) is 19.3 Å². The number of rotatable bonds is 11. The molecule has 2 amide bonds. The van der Waals surface area contributed by atoms with Crippen molar-refractivity contribution in [1.29, 1.82) is 0 Å². The summed E-state index contributed by atoms with van der Waals surface area (Å²) >= 11 is 1.47. The van der Waals surface area contributed by atoms with Gasteiger partial charge in [0.05, 0.1) is 27.8 Å². The van der Waals surface area contributed by atoms with Gasteiger partial charge in [0, 0.05) is 22.2 Å². The number of anilines is 1. The van der Waals surface area contributed by atoms with Crippen molar-refractivity contribution in [1.82, 2.24) is 5.32 Å². The second kappa shape index (κ2) is 13.5. The van der Waals surface area contributed by atoms with Gasteiger partial charge < -0.3 is 19.5 Å². The molecule has 1 aliphatic rings. The summed E-state index contributed by atoms with van der Waals surface area (Å²) in [7, 11) is 4.53. The van der Waals surface area contributed by atoms with Crippen molar-refractivity contribution in [2.45, 2.75) is 57.5 Å². The molecule has 8 nitrogen and oxygen atoms in total. The number of carbonyl (C=O) groups is 3. The zero-order valence-electron chi connectivity index (χ0n) is 23.4. The summed E-state index contributed by atoms with van der Waals surface area (Å²) in [6.45, 7) is 1.48. The molecule has 0 aliphatic heterocycles. The molecule has 40 heavy (non-hydrogen) atoms. The van der Waals surface area contributed by atoms with Crippen LogP contribution in [0.25, 0.3) is 0 Å². The highest BCUT2D eigenvalue weighted by Gasteiger charge is 2.36. The highest BCUT2D eigenvalue weighted by molar-refractivity contribution is 7.10. The Balaban J connectivity index is 1.89. The summed E-state index contributed by atoms with van der Waals surface area (Å²) in [6.07, 6.45) is 5.10. The number of ketones is 1. The van der Waals surface area contributed by atoms with Crippen LogP contribution in [-0.4, -0.2) is 45.0 Å². The molecule has 1 aliphatic carbocycles. The fraction of sp³-hybridized carbons (Fsp3) is 0.387. The fourth-order valence-electron chi connectivity index (χ4n) is 5.16. The molecule has 3 aromatic rings. The van der Waals surface area contributed by atoms with E-state index in [0.717, 1.165) is 37.0 Å². The Hall–Kier alpha value is -3.85. The third kappa shape index (κ3) is 6.65. The van der Waals surface area contributed by atoms with Crippen LogP contribution in [0.15, 0.2) is 53.9 Å². The van der Waals surface area contributed by atoms with E-state index in [1.807, 2.05) is 17.5 Å². The molecule has 0 radical (unpaired) electrons. The van der Waals surface area contributed by atoms with Crippen LogP contribution in [0.2, 0.25) is 0 Å². The number of nitrogens with zero attached hydrogens (tertiary/aromatic N) is 1. The van der Waals surface area contributed by atoms with Crippen LogP contribution >= 0.6 is 11.3 Å². The van der Waals surface area contributed by atoms with Crippen molar-refractivity contribution in [2.24, 2.45) is 0 Å². The zero-order valence-corrected chi connectivity index (χ0v) is 24.2. The Labute approximate surface area is 239 Å². The van der Waals surface area contributed by atoms with E-state index in [1.54, 1.807) is 36.4 Å². The molecule has 2 aromatic carbocycles. The van der Waals surface area contributed by atoms with Crippen LogP contribution in [0.4, 0.5) is 5.69 Å². The van der Waals surface area contributed by atoms with Gasteiger partial charge in [0.1, 0.15) is 6.04 Å². The molecule has 1 aromatic heterocycles. The predicted octanol–water partition coefficient (Wildman–Crippen LogP) is 5.74. The summed E-state index contributed by atoms with van der Waals surface area (Å²) in [6, 6.07) is 13.0. The molecule has 1 N–H and O–H groups in total. The lowest BCUT2D eigenvalue weighted by Crippen LogP contribution is -2.47. The Morgan fingerprint density at radius 3 is 2.23 bits per heavy atom. The van der Waals surface area contributed by atoms with Gasteiger partial charge in [-0.15, -0.1) is 11.3 Å². The number of hydrogen-bond donors (Lipinski definition) is 1. The lowest BCUT2D eigenvalue weighted by atomic mass is 9.94. The van der Waals surface area contributed by atoms with E-state index < -0.39 is 6.04 Å². The Morgan fingerprint density at radius 2 is 1.65 bits per heavy atom. The average molecular weight is 565 g/mol. The van der Waals surface area contributed by atoms with E-state index in [9.17, 15) is 14.4 Å². The quantitative estimate of drug-likeness (QED) is 0.299. The van der Waals surface area contributed by atoms with E-state index >= 15 is 0 Å². The van der Waals surface area contributed by atoms with Crippen LogP contribution < -0.4 is 24.4 Å². The fourth-order valence-corrected chi connectivity index (χ4v) is 5.86. The number of Topliss-reactive ketones (excluding diaryl/α,β-unsaturated/α-hetero) is 1. The zero-order chi connectivity index (χ0) is 28.6. The summed E-state index contributed by atoms with van der Waals surface area (Å²) < 4.78 is 16.7. The molecule has 9 heteroatoms. The van der Waals surface area contributed by atoms with Crippen molar-refractivity contribution in [3.8, 4) is 17.2 Å². The maximum absolute atomic E-state index is 14.2. The number of carbonyl (C=O) groups excluding carboxylic acids is 3. The Kier molecular flexibility index (Phi) is 9.82. The molecule has 212 valence electrons. The number of benzene rings is 2. The monoisotopic (exact) mass is 564 g/mol. The number of methoxy groups -OCH3 is 3. The Morgan fingerprint density at radius 1 is 0.950 bits per heavy atom. The topological polar surface area (TPSA) is 94.2 Å². The van der Waals surface area contributed by atoms with Gasteiger partial charge in [-0.25, -0.2) is 0 Å². The maximum atomic E-state index is 14.2. The lowest BCUT2D eigenvalue weighted by molar-refractivity contribution is -0.127. The smallest absolute Gasteiger partial charge is 0.248 e. The van der Waals surface area contributed by atoms with Crippen LogP contribution in [0.3, 0.4) is 0 Å². The van der Waals surface area contributed by atoms with Gasteiger partial charge in [-0.05, 0) is 61.0 Å². The number of amides is 2. The minimum absolute atomic E-state index is 0.0172. The highest BCUT2D eigenvalue weighted by Crippen LogP contribution is 2.42. The van der Waals surface area contributed by atoms with Crippen molar-refractivity contribution < 1.29 is 28.6 Å². The summed E-state index contributed by atoms with van der Waals surface area (Å²) in [5.74, 6) is 0.402. The number of nitrogens with one attached hydrogen (secondary N) is 1. The number of thiophene rings is 1. The number of hydrogen-bond acceptors (Lipinski definition) is 7. The first-order valence-electron chi connectivity index (χ1n) is 13.4. The van der Waals surface area contributed by atoms with Gasteiger partial charge in [0.25, 0.3) is 0 Å². The van der Waals surface area contributed by atoms with E-state index in [1.165, 1.54) is 44.5 Å².